The lowest BCUT2D eigenvalue weighted by molar-refractivity contribution is 0.252. The van der Waals surface area contributed by atoms with Gasteiger partial charge in [0.05, 0.1) is 18.2 Å². The standard InChI is InChI=1S/C18H12F2N4O5S2/c19-9-1-2-14-10(5-9)12(3-4-28-14)24-13-6-11(20)16(7-15(13)29-18(24)25)31(26,27)23-17-21-8-22-30-17/h1-2,5-8,12H,3-4H2,(H,21,22,23). The highest BCUT2D eigenvalue weighted by atomic mass is 32.2. The van der Waals surface area contributed by atoms with Gasteiger partial charge in [0, 0.05) is 35.6 Å². The zero-order valence-electron chi connectivity index (χ0n) is 15.4. The van der Waals surface area contributed by atoms with E-state index >= 15 is 0 Å². The smallest absolute Gasteiger partial charge is 0.420 e. The molecular formula is C18H12F2N4O5S2. The third-order valence-corrected chi connectivity index (χ3v) is 6.89. The van der Waals surface area contributed by atoms with Gasteiger partial charge in [0.25, 0.3) is 10.0 Å². The molecule has 1 aliphatic heterocycles. The van der Waals surface area contributed by atoms with Crippen molar-refractivity contribution in [1.29, 1.82) is 0 Å². The summed E-state index contributed by atoms with van der Waals surface area (Å²) in [6.07, 6.45) is 1.46. The van der Waals surface area contributed by atoms with Crippen molar-refractivity contribution in [3.63, 3.8) is 0 Å². The molecule has 4 aromatic rings. The van der Waals surface area contributed by atoms with E-state index in [-0.39, 0.29) is 22.8 Å². The number of fused-ring (bicyclic) bond motifs is 2. The number of anilines is 1. The molecule has 0 saturated heterocycles. The fourth-order valence-corrected chi connectivity index (χ4v) is 5.28. The molecule has 0 amide bonds. The second-order valence-electron chi connectivity index (χ2n) is 6.68. The van der Waals surface area contributed by atoms with Crippen LogP contribution in [0.4, 0.5) is 13.9 Å². The summed E-state index contributed by atoms with van der Waals surface area (Å²) in [7, 11) is -4.35. The molecule has 1 atom stereocenters. The highest BCUT2D eigenvalue weighted by molar-refractivity contribution is 7.93. The zero-order chi connectivity index (χ0) is 21.8. The van der Waals surface area contributed by atoms with Crippen LogP contribution in [-0.2, 0) is 10.0 Å². The number of nitrogens with one attached hydrogen (secondary N) is 1. The number of oxazole rings is 1. The van der Waals surface area contributed by atoms with Gasteiger partial charge in [-0.25, -0.2) is 27.0 Å². The molecule has 3 heterocycles. The maximum atomic E-state index is 14.9. The molecule has 5 rings (SSSR count). The molecule has 1 unspecified atom stereocenters. The summed E-state index contributed by atoms with van der Waals surface area (Å²) in [5.74, 6) is -2.04. The molecule has 1 aliphatic rings. The average Bonchev–Trinajstić information content (AvgIpc) is 3.33. The molecule has 0 fully saturated rings. The first-order chi connectivity index (χ1) is 14.8. The summed E-state index contributed by atoms with van der Waals surface area (Å²) in [5.41, 5.74) is 0.319. The molecule has 0 radical (unpaired) electrons. The van der Waals surface area contributed by atoms with E-state index in [9.17, 15) is 22.0 Å². The van der Waals surface area contributed by atoms with Gasteiger partial charge in [-0.15, -0.1) is 0 Å². The van der Waals surface area contributed by atoms with Gasteiger partial charge in [-0.3, -0.25) is 9.29 Å². The SMILES string of the molecule is O=c1oc2cc(S(=O)(=O)Nc3ncns3)c(F)cc2n1C1CCOc2ccc(F)cc21. The Kier molecular flexibility index (Phi) is 4.51. The lowest BCUT2D eigenvalue weighted by atomic mass is 10.00. The van der Waals surface area contributed by atoms with E-state index in [2.05, 4.69) is 14.1 Å². The number of rotatable bonds is 4. The fourth-order valence-electron chi connectivity index (χ4n) is 3.54. The predicted octanol–water partition coefficient (Wildman–Crippen LogP) is 2.90. The van der Waals surface area contributed by atoms with Gasteiger partial charge in [0.2, 0.25) is 5.13 Å². The third-order valence-electron chi connectivity index (χ3n) is 4.83. The van der Waals surface area contributed by atoms with Crippen molar-refractivity contribution >= 4 is 37.8 Å². The summed E-state index contributed by atoms with van der Waals surface area (Å²) in [4.78, 5) is 15.6. The van der Waals surface area contributed by atoms with Crippen molar-refractivity contribution in [3.05, 3.63) is 64.4 Å². The largest absolute Gasteiger partial charge is 0.493 e. The molecule has 1 N–H and O–H groups in total. The highest BCUT2D eigenvalue weighted by Gasteiger charge is 2.30. The Labute approximate surface area is 177 Å². The number of halogens is 2. The normalized spacial score (nSPS) is 16.1. The van der Waals surface area contributed by atoms with Crippen LogP contribution in [0.15, 0.2) is 50.8 Å². The molecule has 2 aromatic heterocycles. The molecule has 13 heteroatoms. The maximum Gasteiger partial charge on any atom is 0.420 e. The first-order valence-electron chi connectivity index (χ1n) is 8.90. The van der Waals surface area contributed by atoms with Crippen molar-refractivity contribution in [2.45, 2.75) is 17.4 Å². The van der Waals surface area contributed by atoms with Crippen molar-refractivity contribution in [3.8, 4) is 5.75 Å². The minimum absolute atomic E-state index is 0.0412. The predicted molar refractivity (Wildman–Crippen MR) is 106 cm³/mol. The van der Waals surface area contributed by atoms with Crippen LogP contribution in [0.5, 0.6) is 5.75 Å². The monoisotopic (exact) mass is 466 g/mol. The van der Waals surface area contributed by atoms with E-state index in [1.165, 1.54) is 22.8 Å². The Balaban J connectivity index is 1.64. The second-order valence-corrected chi connectivity index (χ2v) is 9.11. The van der Waals surface area contributed by atoms with Crippen LogP contribution in [0.3, 0.4) is 0 Å². The number of hydrogen-bond donors (Lipinski definition) is 1. The maximum absolute atomic E-state index is 14.9. The Morgan fingerprint density at radius 2 is 2.06 bits per heavy atom. The number of nitrogens with zero attached hydrogens (tertiary/aromatic N) is 3. The van der Waals surface area contributed by atoms with Crippen LogP contribution < -0.4 is 15.2 Å². The quantitative estimate of drug-likeness (QED) is 0.492. The van der Waals surface area contributed by atoms with Crippen molar-refractivity contribution in [2.24, 2.45) is 0 Å². The van der Waals surface area contributed by atoms with E-state index < -0.39 is 38.4 Å². The number of aromatic nitrogens is 3. The van der Waals surface area contributed by atoms with Crippen LogP contribution in [0, 0.1) is 11.6 Å². The van der Waals surface area contributed by atoms with Crippen molar-refractivity contribution in [2.75, 3.05) is 11.3 Å². The van der Waals surface area contributed by atoms with E-state index in [0.29, 0.717) is 17.7 Å². The lowest BCUT2D eigenvalue weighted by Crippen LogP contribution is -2.26. The van der Waals surface area contributed by atoms with E-state index in [4.69, 9.17) is 9.15 Å². The number of sulfonamides is 1. The summed E-state index contributed by atoms with van der Waals surface area (Å²) < 4.78 is 71.5. The van der Waals surface area contributed by atoms with Gasteiger partial charge < -0.3 is 9.15 Å². The number of benzene rings is 2. The minimum Gasteiger partial charge on any atom is -0.493 e. The minimum atomic E-state index is -4.35. The number of hydrogen-bond acceptors (Lipinski definition) is 8. The van der Waals surface area contributed by atoms with Crippen LogP contribution in [0.2, 0.25) is 0 Å². The summed E-state index contributed by atoms with van der Waals surface area (Å²) in [6.45, 7) is 0.253. The van der Waals surface area contributed by atoms with Crippen LogP contribution in [-0.4, -0.2) is 28.9 Å². The van der Waals surface area contributed by atoms with Gasteiger partial charge in [-0.1, -0.05) is 0 Å². The third kappa shape index (κ3) is 3.35. The molecule has 0 bridgehead atoms. The highest BCUT2D eigenvalue weighted by Crippen LogP contribution is 2.37. The topological polar surface area (TPSA) is 116 Å². The van der Waals surface area contributed by atoms with Crippen molar-refractivity contribution < 1.29 is 26.4 Å². The van der Waals surface area contributed by atoms with E-state index in [1.54, 1.807) is 0 Å². The second kappa shape index (κ2) is 7.13. The van der Waals surface area contributed by atoms with Crippen LogP contribution >= 0.6 is 11.5 Å². The van der Waals surface area contributed by atoms with E-state index in [0.717, 1.165) is 30.0 Å². The molecule has 0 aliphatic carbocycles. The van der Waals surface area contributed by atoms with Crippen LogP contribution in [0.1, 0.15) is 18.0 Å². The Morgan fingerprint density at radius 1 is 1.23 bits per heavy atom. The van der Waals surface area contributed by atoms with Crippen LogP contribution in [0.25, 0.3) is 11.1 Å². The van der Waals surface area contributed by atoms with Gasteiger partial charge in [-0.2, -0.15) is 4.37 Å². The summed E-state index contributed by atoms with van der Waals surface area (Å²) in [6, 6.07) is 5.09. The summed E-state index contributed by atoms with van der Waals surface area (Å²) in [5, 5.41) is -0.0423. The molecule has 160 valence electrons. The Bertz CT molecular complexity index is 1460. The average molecular weight is 466 g/mol. The molecule has 2 aromatic carbocycles. The molecule has 31 heavy (non-hydrogen) atoms. The molecular weight excluding hydrogens is 454 g/mol. The first kappa shape index (κ1) is 19.6. The lowest BCUT2D eigenvalue weighted by Gasteiger charge is -2.26. The molecule has 0 spiro atoms. The van der Waals surface area contributed by atoms with E-state index in [1.807, 2.05) is 0 Å². The van der Waals surface area contributed by atoms with Gasteiger partial charge in [-0.05, 0) is 18.2 Å². The zero-order valence-corrected chi connectivity index (χ0v) is 17.0. The first-order valence-corrected chi connectivity index (χ1v) is 11.2. The van der Waals surface area contributed by atoms with Gasteiger partial charge in [0.1, 0.15) is 28.6 Å². The fraction of sp³-hybridized carbons (Fsp3) is 0.167. The van der Waals surface area contributed by atoms with Crippen molar-refractivity contribution in [1.82, 2.24) is 13.9 Å². The Morgan fingerprint density at radius 3 is 2.84 bits per heavy atom. The molecule has 0 saturated carbocycles. The number of ether oxygens (including phenoxy) is 1. The van der Waals surface area contributed by atoms with Gasteiger partial charge in [0.15, 0.2) is 5.58 Å². The molecule has 9 nitrogen and oxygen atoms in total. The Hall–Kier alpha value is -3.32. The van der Waals surface area contributed by atoms with Gasteiger partial charge >= 0.3 is 5.76 Å². The summed E-state index contributed by atoms with van der Waals surface area (Å²) >= 11 is 0.780.